The number of rotatable bonds is 1. The summed E-state index contributed by atoms with van der Waals surface area (Å²) < 4.78 is 0. The van der Waals surface area contributed by atoms with Gasteiger partial charge in [-0.3, -0.25) is 4.90 Å². The number of hydrogen-bond acceptors (Lipinski definition) is 2. The van der Waals surface area contributed by atoms with Gasteiger partial charge in [0.05, 0.1) is 6.10 Å². The van der Waals surface area contributed by atoms with Gasteiger partial charge in [0.1, 0.15) is 0 Å². The third kappa shape index (κ3) is 1.57. The Hall–Kier alpha value is -0.860. The Morgan fingerprint density at radius 2 is 1.88 bits per heavy atom. The van der Waals surface area contributed by atoms with Crippen molar-refractivity contribution in [2.24, 2.45) is 0 Å². The van der Waals surface area contributed by atoms with Crippen LogP contribution in [0.3, 0.4) is 0 Å². The summed E-state index contributed by atoms with van der Waals surface area (Å²) in [5, 5.41) is 9.85. The van der Waals surface area contributed by atoms with E-state index in [0.717, 1.165) is 12.8 Å². The second-order valence-electron chi connectivity index (χ2n) is 5.26. The summed E-state index contributed by atoms with van der Waals surface area (Å²) in [4.78, 5) is 2.48. The lowest BCUT2D eigenvalue weighted by Gasteiger charge is -2.35. The van der Waals surface area contributed by atoms with Crippen LogP contribution in [0.5, 0.6) is 0 Å². The molecule has 2 heterocycles. The van der Waals surface area contributed by atoms with Crippen molar-refractivity contribution in [2.75, 3.05) is 7.05 Å². The van der Waals surface area contributed by atoms with E-state index in [9.17, 15) is 5.11 Å². The van der Waals surface area contributed by atoms with Crippen LogP contribution < -0.4 is 0 Å². The Labute approximate surface area is 96.9 Å². The molecule has 3 rings (SSSR count). The van der Waals surface area contributed by atoms with Crippen LogP contribution in [0.4, 0.5) is 0 Å². The van der Waals surface area contributed by atoms with Crippen LogP contribution in [-0.4, -0.2) is 35.2 Å². The lowest BCUT2D eigenvalue weighted by molar-refractivity contribution is 0.0482. The maximum atomic E-state index is 9.85. The Morgan fingerprint density at radius 1 is 1.12 bits per heavy atom. The second-order valence-corrected chi connectivity index (χ2v) is 5.26. The first kappa shape index (κ1) is 10.3. The number of aliphatic hydroxyl groups excluding tert-OH is 1. The molecule has 1 aromatic carbocycles. The summed E-state index contributed by atoms with van der Waals surface area (Å²) in [6, 6.07) is 11.9. The maximum Gasteiger partial charge on any atom is 0.0570 e. The molecule has 2 fully saturated rings. The molecule has 0 unspecified atom stereocenters. The van der Waals surface area contributed by atoms with Gasteiger partial charge in [0.15, 0.2) is 0 Å². The molecular weight excluding hydrogens is 198 g/mol. The highest BCUT2D eigenvalue weighted by molar-refractivity contribution is 5.24. The molecule has 2 heteroatoms. The Balaban J connectivity index is 1.89. The molecule has 16 heavy (non-hydrogen) atoms. The highest BCUT2D eigenvalue weighted by Gasteiger charge is 2.44. The maximum absolute atomic E-state index is 9.85. The predicted octanol–water partition coefficient (Wildman–Crippen LogP) is 2.00. The van der Waals surface area contributed by atoms with E-state index < -0.39 is 0 Å². The molecule has 0 saturated carbocycles. The highest BCUT2D eigenvalue weighted by atomic mass is 16.3. The molecule has 2 bridgehead atoms. The van der Waals surface area contributed by atoms with Gasteiger partial charge in [0.2, 0.25) is 0 Å². The quantitative estimate of drug-likeness (QED) is 0.777. The summed E-state index contributed by atoms with van der Waals surface area (Å²) in [6.45, 7) is 0. The van der Waals surface area contributed by atoms with Crippen molar-refractivity contribution in [1.82, 2.24) is 4.90 Å². The lowest BCUT2D eigenvalue weighted by atomic mass is 9.90. The largest absolute Gasteiger partial charge is 0.393 e. The topological polar surface area (TPSA) is 23.5 Å². The molecule has 0 amide bonds. The van der Waals surface area contributed by atoms with Crippen LogP contribution in [0, 0.1) is 0 Å². The molecule has 0 aromatic heterocycles. The molecule has 1 aromatic rings. The average Bonchev–Trinajstić information content (AvgIpc) is 2.50. The van der Waals surface area contributed by atoms with E-state index in [1.807, 2.05) is 0 Å². The minimum absolute atomic E-state index is 0.0834. The first-order valence-corrected chi connectivity index (χ1v) is 6.20. The van der Waals surface area contributed by atoms with E-state index in [1.54, 1.807) is 0 Å². The minimum atomic E-state index is -0.0834. The van der Waals surface area contributed by atoms with Gasteiger partial charge in [-0.1, -0.05) is 30.3 Å². The zero-order valence-electron chi connectivity index (χ0n) is 9.71. The summed E-state index contributed by atoms with van der Waals surface area (Å²) in [7, 11) is 2.21. The van der Waals surface area contributed by atoms with Crippen molar-refractivity contribution < 1.29 is 5.11 Å². The van der Waals surface area contributed by atoms with Crippen molar-refractivity contribution in [3.8, 4) is 0 Å². The monoisotopic (exact) mass is 217 g/mol. The zero-order valence-corrected chi connectivity index (χ0v) is 9.71. The number of hydrogen-bond donors (Lipinski definition) is 1. The van der Waals surface area contributed by atoms with Gasteiger partial charge in [0.25, 0.3) is 0 Å². The molecule has 2 aliphatic heterocycles. The van der Waals surface area contributed by atoms with Gasteiger partial charge in [0, 0.05) is 18.0 Å². The normalized spacial score (nSPS) is 38.9. The van der Waals surface area contributed by atoms with Gasteiger partial charge in [-0.2, -0.15) is 0 Å². The number of likely N-dealkylation sites (N-methyl/N-ethyl adjacent to an activating group) is 1. The number of fused-ring (bicyclic) bond motifs is 2. The molecule has 2 nitrogen and oxygen atoms in total. The Bertz CT molecular complexity index is 364. The third-order valence-corrected chi connectivity index (χ3v) is 4.38. The fraction of sp³-hybridized carbons (Fsp3) is 0.571. The summed E-state index contributed by atoms with van der Waals surface area (Å²) in [6.07, 6.45) is 3.02. The van der Waals surface area contributed by atoms with Gasteiger partial charge in [-0.05, 0) is 31.9 Å². The molecule has 1 N–H and O–H groups in total. The lowest BCUT2D eigenvalue weighted by Crippen LogP contribution is -2.42. The average molecular weight is 217 g/mol. The van der Waals surface area contributed by atoms with Crippen molar-refractivity contribution >= 4 is 0 Å². The van der Waals surface area contributed by atoms with E-state index in [4.69, 9.17) is 0 Å². The predicted molar refractivity (Wildman–Crippen MR) is 64.4 cm³/mol. The highest BCUT2D eigenvalue weighted by Crippen LogP contribution is 2.43. The number of benzene rings is 1. The van der Waals surface area contributed by atoms with Crippen LogP contribution >= 0.6 is 0 Å². The third-order valence-electron chi connectivity index (χ3n) is 4.38. The summed E-state index contributed by atoms with van der Waals surface area (Å²) in [5.41, 5.74) is 1.44. The minimum Gasteiger partial charge on any atom is -0.393 e. The van der Waals surface area contributed by atoms with Crippen molar-refractivity contribution in [1.29, 1.82) is 0 Å². The molecule has 86 valence electrons. The standard InChI is InChI=1S/C14H19NO/c1-15-11-7-12(16)9-14(15)13(8-11)10-5-3-2-4-6-10/h2-6,11-14,16H,7-9H2,1H3/t11-,12+,13+,14+/m0/s1. The van der Waals surface area contributed by atoms with Crippen LogP contribution in [-0.2, 0) is 0 Å². The van der Waals surface area contributed by atoms with Crippen molar-refractivity contribution in [3.63, 3.8) is 0 Å². The second kappa shape index (κ2) is 3.86. The van der Waals surface area contributed by atoms with Crippen LogP contribution in [0.2, 0.25) is 0 Å². The molecule has 0 radical (unpaired) electrons. The zero-order chi connectivity index (χ0) is 11.1. The van der Waals surface area contributed by atoms with Crippen molar-refractivity contribution in [3.05, 3.63) is 35.9 Å². The van der Waals surface area contributed by atoms with E-state index >= 15 is 0 Å². The van der Waals surface area contributed by atoms with Crippen LogP contribution in [0.15, 0.2) is 30.3 Å². The van der Waals surface area contributed by atoms with Gasteiger partial charge < -0.3 is 5.11 Å². The van der Waals surface area contributed by atoms with E-state index in [1.165, 1.54) is 12.0 Å². The Kier molecular flexibility index (Phi) is 2.49. The fourth-order valence-electron chi connectivity index (χ4n) is 3.51. The number of nitrogens with zero attached hydrogens (tertiary/aromatic N) is 1. The molecule has 0 aliphatic carbocycles. The first-order valence-electron chi connectivity index (χ1n) is 6.20. The first-order chi connectivity index (χ1) is 7.75. The summed E-state index contributed by atoms with van der Waals surface area (Å²) in [5.74, 6) is 0.619. The molecular formula is C14H19NO. The SMILES string of the molecule is CN1[C@H]2C[C@@H](O)C[C@@H]1[C@@H](c1ccccc1)C2. The van der Waals surface area contributed by atoms with Crippen LogP contribution in [0.1, 0.15) is 30.7 Å². The van der Waals surface area contributed by atoms with E-state index in [-0.39, 0.29) is 6.10 Å². The fourth-order valence-corrected chi connectivity index (χ4v) is 3.51. The van der Waals surface area contributed by atoms with Gasteiger partial charge >= 0.3 is 0 Å². The molecule has 2 saturated heterocycles. The van der Waals surface area contributed by atoms with Crippen molar-refractivity contribution in [2.45, 2.75) is 43.4 Å². The summed E-state index contributed by atoms with van der Waals surface area (Å²) >= 11 is 0. The molecule has 2 aliphatic rings. The molecule has 0 spiro atoms. The van der Waals surface area contributed by atoms with E-state index in [2.05, 4.69) is 42.3 Å². The van der Waals surface area contributed by atoms with Gasteiger partial charge in [-0.15, -0.1) is 0 Å². The smallest absolute Gasteiger partial charge is 0.0570 e. The van der Waals surface area contributed by atoms with Crippen LogP contribution in [0.25, 0.3) is 0 Å². The number of aliphatic hydroxyl groups is 1. The van der Waals surface area contributed by atoms with E-state index in [0.29, 0.717) is 18.0 Å². The number of piperidine rings is 1. The Morgan fingerprint density at radius 3 is 2.62 bits per heavy atom. The van der Waals surface area contributed by atoms with Gasteiger partial charge in [-0.25, -0.2) is 0 Å². The molecule has 4 atom stereocenters.